The van der Waals surface area contributed by atoms with Gasteiger partial charge in [-0.25, -0.2) is 9.97 Å². The van der Waals surface area contributed by atoms with Gasteiger partial charge in [-0.05, 0) is 50.5 Å². The summed E-state index contributed by atoms with van der Waals surface area (Å²) >= 11 is 0. The van der Waals surface area contributed by atoms with Gasteiger partial charge in [0.1, 0.15) is 0 Å². The highest BCUT2D eigenvalue weighted by atomic mass is 15.3. The fraction of sp³-hybridized carbons (Fsp3) is 0.667. The molecule has 0 bridgehead atoms. The average Bonchev–Trinajstić information content (AvgIpc) is 2.56. The van der Waals surface area contributed by atoms with Crippen LogP contribution in [0.25, 0.3) is 0 Å². The fourth-order valence-corrected chi connectivity index (χ4v) is 3.77. The maximum absolute atomic E-state index is 4.35. The van der Waals surface area contributed by atoms with Crippen molar-refractivity contribution in [1.29, 1.82) is 0 Å². The smallest absolute Gasteiger partial charge is 0.225 e. The van der Waals surface area contributed by atoms with Gasteiger partial charge in [0.25, 0.3) is 0 Å². The van der Waals surface area contributed by atoms with Crippen LogP contribution in [0.2, 0.25) is 0 Å². The average molecular weight is 300 g/mol. The summed E-state index contributed by atoms with van der Waals surface area (Å²) in [6.45, 7) is 7.94. The summed E-state index contributed by atoms with van der Waals surface area (Å²) in [4.78, 5) is 11.0. The van der Waals surface area contributed by atoms with Gasteiger partial charge in [0.05, 0.1) is 0 Å². The molecule has 22 heavy (non-hydrogen) atoms. The minimum Gasteiger partial charge on any atom is -0.341 e. The molecule has 0 aromatic carbocycles. The van der Waals surface area contributed by atoms with Crippen LogP contribution in [-0.2, 0) is 0 Å². The molecule has 1 aromatic heterocycles. The predicted octanol–water partition coefficient (Wildman–Crippen LogP) is 3.03. The van der Waals surface area contributed by atoms with Crippen molar-refractivity contribution >= 4 is 5.95 Å². The van der Waals surface area contributed by atoms with Crippen LogP contribution in [0, 0.1) is 11.8 Å². The SMILES string of the molecule is CC1=CCC[C@@H](C)[C@@H]1CNC1CCN(c2ncccn2)CC1. The molecule has 120 valence electrons. The van der Waals surface area contributed by atoms with Gasteiger partial charge in [-0.1, -0.05) is 18.6 Å². The molecule has 1 aliphatic heterocycles. The first-order valence-electron chi connectivity index (χ1n) is 8.66. The molecule has 1 saturated heterocycles. The van der Waals surface area contributed by atoms with Crippen LogP contribution in [0.5, 0.6) is 0 Å². The summed E-state index contributed by atoms with van der Waals surface area (Å²) in [5, 5.41) is 3.82. The van der Waals surface area contributed by atoms with Crippen LogP contribution in [-0.4, -0.2) is 35.6 Å². The highest BCUT2D eigenvalue weighted by Gasteiger charge is 2.25. The standard InChI is InChI=1S/C18H28N4/c1-14-5-3-6-15(2)17(14)13-21-16-7-11-22(12-8-16)18-19-9-4-10-20-18/h4-5,9-10,15-17,21H,3,6-8,11-13H2,1-2H3/t15-,17-/m1/s1. The van der Waals surface area contributed by atoms with E-state index in [-0.39, 0.29) is 0 Å². The molecule has 0 spiro atoms. The molecule has 1 N–H and O–H groups in total. The first-order chi connectivity index (χ1) is 10.7. The van der Waals surface area contributed by atoms with E-state index >= 15 is 0 Å². The Balaban J connectivity index is 1.46. The van der Waals surface area contributed by atoms with Crippen molar-refractivity contribution in [2.24, 2.45) is 11.8 Å². The van der Waals surface area contributed by atoms with E-state index in [1.54, 1.807) is 5.57 Å². The van der Waals surface area contributed by atoms with Crippen LogP contribution >= 0.6 is 0 Å². The number of nitrogens with one attached hydrogen (secondary N) is 1. The second kappa shape index (κ2) is 7.23. The van der Waals surface area contributed by atoms with Crippen molar-refractivity contribution < 1.29 is 0 Å². The minimum atomic E-state index is 0.641. The lowest BCUT2D eigenvalue weighted by Crippen LogP contribution is -2.45. The minimum absolute atomic E-state index is 0.641. The normalized spacial score (nSPS) is 26.8. The van der Waals surface area contributed by atoms with Crippen molar-refractivity contribution in [2.45, 2.75) is 45.6 Å². The summed E-state index contributed by atoms with van der Waals surface area (Å²) in [6, 6.07) is 2.51. The Morgan fingerprint density at radius 1 is 1.18 bits per heavy atom. The Bertz CT molecular complexity index is 491. The number of anilines is 1. The van der Waals surface area contributed by atoms with Crippen LogP contribution < -0.4 is 10.2 Å². The summed E-state index contributed by atoms with van der Waals surface area (Å²) in [5.74, 6) is 2.42. The number of allylic oxidation sites excluding steroid dienone is 1. The molecule has 4 heteroatoms. The van der Waals surface area contributed by atoms with Crippen LogP contribution in [0.1, 0.15) is 39.5 Å². The third-order valence-electron chi connectivity index (χ3n) is 5.32. The summed E-state index contributed by atoms with van der Waals surface area (Å²) in [6.07, 6.45) is 11.1. The van der Waals surface area contributed by atoms with E-state index in [0.717, 1.165) is 37.4 Å². The molecule has 2 aliphatic rings. The first-order valence-corrected chi connectivity index (χ1v) is 8.66. The van der Waals surface area contributed by atoms with E-state index in [9.17, 15) is 0 Å². The van der Waals surface area contributed by atoms with Gasteiger partial charge in [-0.3, -0.25) is 0 Å². The number of aromatic nitrogens is 2. The zero-order chi connectivity index (χ0) is 15.4. The van der Waals surface area contributed by atoms with Crippen molar-refractivity contribution in [3.8, 4) is 0 Å². The molecule has 1 fully saturated rings. The summed E-state index contributed by atoms with van der Waals surface area (Å²) in [7, 11) is 0. The Hall–Kier alpha value is -1.42. The van der Waals surface area contributed by atoms with E-state index in [1.807, 2.05) is 18.5 Å². The highest BCUT2D eigenvalue weighted by molar-refractivity contribution is 5.29. The third-order valence-corrected chi connectivity index (χ3v) is 5.32. The maximum atomic E-state index is 4.35. The van der Waals surface area contributed by atoms with Crippen molar-refractivity contribution in [2.75, 3.05) is 24.5 Å². The first kappa shape index (κ1) is 15.5. The van der Waals surface area contributed by atoms with Crippen molar-refractivity contribution in [3.05, 3.63) is 30.1 Å². The number of piperidine rings is 1. The van der Waals surface area contributed by atoms with E-state index in [1.165, 1.54) is 25.7 Å². The zero-order valence-corrected chi connectivity index (χ0v) is 13.8. The number of hydrogen-bond acceptors (Lipinski definition) is 4. The Morgan fingerprint density at radius 3 is 2.59 bits per heavy atom. The van der Waals surface area contributed by atoms with Crippen LogP contribution in [0.4, 0.5) is 5.95 Å². The molecule has 0 radical (unpaired) electrons. The van der Waals surface area contributed by atoms with Gasteiger partial charge in [0.15, 0.2) is 0 Å². The maximum Gasteiger partial charge on any atom is 0.225 e. The van der Waals surface area contributed by atoms with Crippen LogP contribution in [0.15, 0.2) is 30.1 Å². The molecule has 4 nitrogen and oxygen atoms in total. The second-order valence-corrected chi connectivity index (χ2v) is 6.83. The van der Waals surface area contributed by atoms with Gasteiger partial charge in [-0.15, -0.1) is 0 Å². The van der Waals surface area contributed by atoms with Crippen LogP contribution in [0.3, 0.4) is 0 Å². The molecule has 0 unspecified atom stereocenters. The molecular formula is C18H28N4. The monoisotopic (exact) mass is 300 g/mol. The lowest BCUT2D eigenvalue weighted by atomic mass is 9.80. The van der Waals surface area contributed by atoms with E-state index in [0.29, 0.717) is 6.04 Å². The Labute approximate surface area is 134 Å². The Morgan fingerprint density at radius 2 is 1.91 bits per heavy atom. The summed E-state index contributed by atoms with van der Waals surface area (Å²) < 4.78 is 0. The predicted molar refractivity (Wildman–Crippen MR) is 90.9 cm³/mol. The number of hydrogen-bond donors (Lipinski definition) is 1. The topological polar surface area (TPSA) is 41.0 Å². The molecule has 2 atom stereocenters. The molecule has 1 aromatic rings. The van der Waals surface area contributed by atoms with Gasteiger partial charge < -0.3 is 10.2 Å². The molecular weight excluding hydrogens is 272 g/mol. The Kier molecular flexibility index (Phi) is 5.08. The fourth-order valence-electron chi connectivity index (χ4n) is 3.77. The van der Waals surface area contributed by atoms with Gasteiger partial charge >= 0.3 is 0 Å². The molecule has 2 heterocycles. The molecule has 0 amide bonds. The summed E-state index contributed by atoms with van der Waals surface area (Å²) in [5.41, 5.74) is 1.58. The lowest BCUT2D eigenvalue weighted by molar-refractivity contribution is 0.317. The van der Waals surface area contributed by atoms with E-state index in [4.69, 9.17) is 0 Å². The largest absolute Gasteiger partial charge is 0.341 e. The van der Waals surface area contributed by atoms with Crippen molar-refractivity contribution in [1.82, 2.24) is 15.3 Å². The molecule has 0 saturated carbocycles. The third kappa shape index (κ3) is 3.67. The number of nitrogens with zero attached hydrogens (tertiary/aromatic N) is 3. The van der Waals surface area contributed by atoms with Crippen molar-refractivity contribution in [3.63, 3.8) is 0 Å². The van der Waals surface area contributed by atoms with Gasteiger partial charge in [0.2, 0.25) is 5.95 Å². The second-order valence-electron chi connectivity index (χ2n) is 6.83. The zero-order valence-electron chi connectivity index (χ0n) is 13.8. The molecule has 3 rings (SSSR count). The lowest BCUT2D eigenvalue weighted by Gasteiger charge is -2.35. The number of rotatable bonds is 4. The highest BCUT2D eigenvalue weighted by Crippen LogP contribution is 2.29. The van der Waals surface area contributed by atoms with E-state index < -0.39 is 0 Å². The van der Waals surface area contributed by atoms with E-state index in [2.05, 4.69) is 40.1 Å². The molecule has 1 aliphatic carbocycles. The van der Waals surface area contributed by atoms with Gasteiger partial charge in [-0.2, -0.15) is 0 Å². The van der Waals surface area contributed by atoms with Gasteiger partial charge in [0, 0.05) is 38.1 Å². The quantitative estimate of drug-likeness (QED) is 0.868.